The van der Waals surface area contributed by atoms with E-state index < -0.39 is 47.9 Å². The first kappa shape index (κ1) is 22.3. The molecule has 3 amide bonds. The average molecular weight is 427 g/mol. The Labute approximate surface area is 178 Å². The molecule has 0 radical (unpaired) electrons. The number of benzene rings is 2. The second-order valence-electron chi connectivity index (χ2n) is 7.44. The summed E-state index contributed by atoms with van der Waals surface area (Å²) in [6, 6.07) is 9.87. The second-order valence-corrected chi connectivity index (χ2v) is 7.44. The van der Waals surface area contributed by atoms with Crippen molar-refractivity contribution in [2.45, 2.75) is 31.3 Å². The molecule has 1 heterocycles. The lowest BCUT2D eigenvalue weighted by atomic mass is 9.99. The molecular weight excluding hydrogens is 404 g/mol. The molecule has 0 aliphatic carbocycles. The quantitative estimate of drug-likeness (QED) is 0.715. The van der Waals surface area contributed by atoms with E-state index in [9.17, 15) is 23.2 Å². The van der Waals surface area contributed by atoms with Crippen molar-refractivity contribution in [3.63, 3.8) is 0 Å². The first-order valence-electron chi connectivity index (χ1n) is 9.83. The Kier molecular flexibility index (Phi) is 6.91. The van der Waals surface area contributed by atoms with Gasteiger partial charge in [0, 0.05) is 18.5 Å². The van der Waals surface area contributed by atoms with Crippen LogP contribution in [0.25, 0.3) is 0 Å². The molecule has 1 aliphatic heterocycles. The third-order valence-electron chi connectivity index (χ3n) is 4.97. The number of carbonyl (C=O) groups excluding carboxylic acids is 3. The zero-order valence-electron chi connectivity index (χ0n) is 16.9. The number of imide groups is 1. The van der Waals surface area contributed by atoms with Crippen molar-refractivity contribution in [3.8, 4) is 0 Å². The van der Waals surface area contributed by atoms with Crippen LogP contribution in [0, 0.1) is 11.6 Å². The van der Waals surface area contributed by atoms with Gasteiger partial charge in [0.05, 0.1) is 12.5 Å². The number of hydrogen-bond donors (Lipinski definition) is 2. The Morgan fingerprint density at radius 3 is 2.39 bits per heavy atom. The van der Waals surface area contributed by atoms with E-state index in [0.717, 1.165) is 22.6 Å². The molecule has 0 unspecified atom stereocenters. The monoisotopic (exact) mass is 427 g/mol. The highest BCUT2D eigenvalue weighted by Crippen LogP contribution is 2.21. The van der Waals surface area contributed by atoms with Crippen LogP contribution in [0.15, 0.2) is 60.7 Å². The van der Waals surface area contributed by atoms with Gasteiger partial charge in [-0.05, 0) is 30.2 Å². The number of amides is 3. The van der Waals surface area contributed by atoms with Crippen LogP contribution in [0.5, 0.6) is 0 Å². The zero-order chi connectivity index (χ0) is 22.5. The van der Waals surface area contributed by atoms with Crippen molar-refractivity contribution in [2.24, 2.45) is 5.73 Å². The van der Waals surface area contributed by atoms with E-state index in [4.69, 9.17) is 5.73 Å². The molecule has 31 heavy (non-hydrogen) atoms. The molecule has 0 spiro atoms. The minimum atomic E-state index is -1.22. The van der Waals surface area contributed by atoms with Crippen LogP contribution in [0.3, 0.4) is 0 Å². The van der Waals surface area contributed by atoms with E-state index in [-0.39, 0.29) is 11.5 Å². The van der Waals surface area contributed by atoms with Gasteiger partial charge >= 0.3 is 0 Å². The third-order valence-corrected chi connectivity index (χ3v) is 4.97. The van der Waals surface area contributed by atoms with Crippen LogP contribution < -0.4 is 11.1 Å². The predicted molar refractivity (Wildman–Crippen MR) is 111 cm³/mol. The van der Waals surface area contributed by atoms with Crippen molar-refractivity contribution in [2.75, 3.05) is 6.54 Å². The number of nitrogens with one attached hydrogen (secondary N) is 1. The number of nitrogens with zero attached hydrogens (tertiary/aromatic N) is 1. The summed E-state index contributed by atoms with van der Waals surface area (Å²) in [7, 11) is 0. The molecule has 0 aromatic heterocycles. The first-order valence-corrected chi connectivity index (χ1v) is 9.83. The molecule has 0 saturated heterocycles. The Hall–Kier alpha value is -3.39. The van der Waals surface area contributed by atoms with Gasteiger partial charge in [0.15, 0.2) is 0 Å². The van der Waals surface area contributed by atoms with Gasteiger partial charge in [-0.25, -0.2) is 8.78 Å². The largest absolute Gasteiger partial charge is 0.353 e. The molecule has 6 nitrogen and oxygen atoms in total. The third kappa shape index (κ3) is 5.40. The van der Waals surface area contributed by atoms with Crippen molar-refractivity contribution in [1.82, 2.24) is 10.2 Å². The lowest BCUT2D eigenvalue weighted by Crippen LogP contribution is -2.55. The molecular formula is C23H23F2N3O3. The van der Waals surface area contributed by atoms with Crippen molar-refractivity contribution in [1.29, 1.82) is 0 Å². The molecule has 162 valence electrons. The van der Waals surface area contributed by atoms with E-state index in [1.54, 1.807) is 6.08 Å². The number of nitrogens with two attached hydrogens (primary N) is 1. The standard InChI is InChI=1S/C23H23F2N3O3/c1-14(26)23(31)28(21(29)11-15-9-18(24)12-19(25)10-15)20-8-7-17(13-27-22(20)30)16-5-3-2-4-6-16/h2-10,12,14,17,20H,11,13,26H2,1H3,(H,27,30)/t14-,17+,20-/m0/s1. The number of carbonyl (C=O) groups is 3. The summed E-state index contributed by atoms with van der Waals surface area (Å²) in [5, 5.41) is 2.75. The fourth-order valence-corrected chi connectivity index (χ4v) is 3.45. The van der Waals surface area contributed by atoms with E-state index in [0.29, 0.717) is 12.6 Å². The van der Waals surface area contributed by atoms with Crippen LogP contribution in [-0.4, -0.2) is 41.2 Å². The zero-order valence-corrected chi connectivity index (χ0v) is 16.9. The normalized spacial score (nSPS) is 19.3. The maximum atomic E-state index is 13.5. The lowest BCUT2D eigenvalue weighted by molar-refractivity contribution is -0.150. The first-order chi connectivity index (χ1) is 14.8. The maximum Gasteiger partial charge on any atom is 0.247 e. The molecule has 3 atom stereocenters. The van der Waals surface area contributed by atoms with Gasteiger partial charge in [-0.3, -0.25) is 19.3 Å². The summed E-state index contributed by atoms with van der Waals surface area (Å²) in [4.78, 5) is 39.2. The SMILES string of the molecule is C[C@H](N)C(=O)N(C(=O)Cc1cc(F)cc(F)c1)[C@H]1C=C[C@@H](c2ccccc2)CNC1=O. The average Bonchev–Trinajstić information content (AvgIpc) is 2.90. The summed E-state index contributed by atoms with van der Waals surface area (Å²) in [6.45, 7) is 1.69. The molecule has 0 fully saturated rings. The van der Waals surface area contributed by atoms with Crippen LogP contribution in [0.1, 0.15) is 24.0 Å². The second kappa shape index (κ2) is 9.61. The Balaban J connectivity index is 1.90. The Morgan fingerprint density at radius 2 is 1.77 bits per heavy atom. The van der Waals surface area contributed by atoms with Crippen molar-refractivity contribution >= 4 is 17.7 Å². The summed E-state index contributed by atoms with van der Waals surface area (Å²) in [5.41, 5.74) is 6.72. The molecule has 0 bridgehead atoms. The Morgan fingerprint density at radius 1 is 1.13 bits per heavy atom. The minimum Gasteiger partial charge on any atom is -0.353 e. The van der Waals surface area contributed by atoms with Gasteiger partial charge in [-0.1, -0.05) is 42.5 Å². The van der Waals surface area contributed by atoms with Gasteiger partial charge in [-0.2, -0.15) is 0 Å². The van der Waals surface area contributed by atoms with Crippen LogP contribution in [0.4, 0.5) is 8.78 Å². The molecule has 3 N–H and O–H groups in total. The lowest BCUT2D eigenvalue weighted by Gasteiger charge is -2.28. The highest BCUT2D eigenvalue weighted by Gasteiger charge is 2.36. The summed E-state index contributed by atoms with van der Waals surface area (Å²) >= 11 is 0. The molecule has 3 rings (SSSR count). The Bertz CT molecular complexity index is 988. The highest BCUT2D eigenvalue weighted by molar-refractivity contribution is 6.03. The topological polar surface area (TPSA) is 92.5 Å². The molecule has 8 heteroatoms. The van der Waals surface area contributed by atoms with Crippen LogP contribution in [-0.2, 0) is 20.8 Å². The van der Waals surface area contributed by atoms with Gasteiger partial charge < -0.3 is 11.1 Å². The molecule has 0 saturated carbocycles. The fraction of sp³-hybridized carbons (Fsp3) is 0.261. The van der Waals surface area contributed by atoms with Crippen molar-refractivity contribution < 1.29 is 23.2 Å². The van der Waals surface area contributed by atoms with Crippen LogP contribution in [0.2, 0.25) is 0 Å². The summed E-state index contributed by atoms with van der Waals surface area (Å²) in [5.74, 6) is -3.91. The number of hydrogen-bond acceptors (Lipinski definition) is 4. The van der Waals surface area contributed by atoms with E-state index >= 15 is 0 Å². The number of rotatable bonds is 5. The molecule has 2 aromatic rings. The highest BCUT2D eigenvalue weighted by atomic mass is 19.1. The smallest absolute Gasteiger partial charge is 0.247 e. The van der Waals surface area contributed by atoms with Crippen molar-refractivity contribution in [3.05, 3.63) is 83.4 Å². The molecule has 2 aromatic carbocycles. The van der Waals surface area contributed by atoms with Gasteiger partial charge in [0.25, 0.3) is 0 Å². The predicted octanol–water partition coefficient (Wildman–Crippen LogP) is 2.05. The van der Waals surface area contributed by atoms with Gasteiger partial charge in [0.1, 0.15) is 17.7 Å². The molecule has 1 aliphatic rings. The number of halogens is 2. The van der Waals surface area contributed by atoms with E-state index in [2.05, 4.69) is 5.32 Å². The minimum absolute atomic E-state index is 0.0464. The summed E-state index contributed by atoms with van der Waals surface area (Å²) in [6.07, 6.45) is 2.78. The van der Waals surface area contributed by atoms with E-state index in [1.807, 2.05) is 30.3 Å². The van der Waals surface area contributed by atoms with Gasteiger partial charge in [0.2, 0.25) is 17.7 Å². The summed E-state index contributed by atoms with van der Waals surface area (Å²) < 4.78 is 27.0. The maximum absolute atomic E-state index is 13.5. The van der Waals surface area contributed by atoms with Crippen LogP contribution >= 0.6 is 0 Å². The van der Waals surface area contributed by atoms with E-state index in [1.165, 1.54) is 13.0 Å². The van der Waals surface area contributed by atoms with Gasteiger partial charge in [-0.15, -0.1) is 0 Å². The fourth-order valence-electron chi connectivity index (χ4n) is 3.45.